The molecule has 0 bridgehead atoms. The fourth-order valence-electron chi connectivity index (χ4n) is 4.17. The number of primary amides is 1. The number of nitrogens with one attached hydrogen (secondary N) is 2. The largest absolute Gasteiger partial charge is 0.508 e. The fraction of sp³-hybridized carbons (Fsp3) is 0.385. The minimum atomic E-state index is -0.858. The summed E-state index contributed by atoms with van der Waals surface area (Å²) >= 11 is 0. The van der Waals surface area contributed by atoms with Crippen molar-refractivity contribution in [2.45, 2.75) is 50.6 Å². The Morgan fingerprint density at radius 3 is 2.40 bits per heavy atom. The zero-order valence-electron chi connectivity index (χ0n) is 19.6. The van der Waals surface area contributed by atoms with Crippen LogP contribution in [0.4, 0.5) is 0 Å². The van der Waals surface area contributed by atoms with Crippen LogP contribution < -0.4 is 16.4 Å². The first-order valence-corrected chi connectivity index (χ1v) is 11.8. The molecule has 2 aromatic rings. The van der Waals surface area contributed by atoms with Gasteiger partial charge in [0, 0.05) is 32.4 Å². The minimum absolute atomic E-state index is 0.102. The highest BCUT2D eigenvalue weighted by atomic mass is 16.3. The summed E-state index contributed by atoms with van der Waals surface area (Å²) in [6.45, 7) is 0.830. The van der Waals surface area contributed by atoms with Crippen LogP contribution in [-0.4, -0.2) is 58.8 Å². The molecule has 0 spiro atoms. The number of aromatic hydroxyl groups is 1. The smallest absolute Gasteiger partial charge is 0.246 e. The van der Waals surface area contributed by atoms with Gasteiger partial charge in [0.25, 0.3) is 0 Å². The zero-order valence-corrected chi connectivity index (χ0v) is 19.6. The lowest BCUT2D eigenvalue weighted by Gasteiger charge is -2.29. The van der Waals surface area contributed by atoms with Crippen LogP contribution in [0.25, 0.3) is 0 Å². The number of likely N-dealkylation sites (tertiary alicyclic amines) is 1. The van der Waals surface area contributed by atoms with Gasteiger partial charge in [-0.3, -0.25) is 19.2 Å². The highest BCUT2D eigenvalue weighted by Crippen LogP contribution is 2.20. The Kier molecular flexibility index (Phi) is 9.23. The molecule has 5 N–H and O–H groups in total. The number of hydrogen-bond donors (Lipinski definition) is 4. The predicted octanol–water partition coefficient (Wildman–Crippen LogP) is 1.03. The molecular formula is C26H32N4O5. The predicted molar refractivity (Wildman–Crippen MR) is 130 cm³/mol. The van der Waals surface area contributed by atoms with Gasteiger partial charge in [0.15, 0.2) is 0 Å². The van der Waals surface area contributed by atoms with E-state index in [0.717, 1.165) is 11.1 Å². The van der Waals surface area contributed by atoms with E-state index in [4.69, 9.17) is 5.73 Å². The lowest BCUT2D eigenvalue weighted by atomic mass is 10.0. The molecule has 2 aromatic carbocycles. The molecule has 9 heteroatoms. The minimum Gasteiger partial charge on any atom is -0.508 e. The van der Waals surface area contributed by atoms with Crippen LogP contribution in [0.5, 0.6) is 5.75 Å². The maximum Gasteiger partial charge on any atom is 0.246 e. The quantitative estimate of drug-likeness (QED) is 0.380. The number of nitrogens with zero attached hydrogens (tertiary/aromatic N) is 1. The van der Waals surface area contributed by atoms with Gasteiger partial charge in [0.1, 0.15) is 17.8 Å². The Labute approximate surface area is 204 Å². The van der Waals surface area contributed by atoms with Crippen LogP contribution >= 0.6 is 0 Å². The van der Waals surface area contributed by atoms with Gasteiger partial charge in [-0.1, -0.05) is 42.5 Å². The van der Waals surface area contributed by atoms with Gasteiger partial charge in [-0.2, -0.15) is 0 Å². The molecule has 2 atom stereocenters. The van der Waals surface area contributed by atoms with E-state index in [1.54, 1.807) is 24.3 Å². The molecule has 35 heavy (non-hydrogen) atoms. The SMILES string of the molecule is NC(=O)CCC(=O)N[C@@H](Cc1ccccc1)C(=O)N1CCC[C@H]1C(=O)NCCc1ccc(O)cc1. The molecule has 1 fully saturated rings. The maximum absolute atomic E-state index is 13.5. The second kappa shape index (κ2) is 12.5. The highest BCUT2D eigenvalue weighted by molar-refractivity contribution is 5.93. The third kappa shape index (κ3) is 7.84. The van der Waals surface area contributed by atoms with Gasteiger partial charge >= 0.3 is 0 Å². The molecule has 0 saturated carbocycles. The van der Waals surface area contributed by atoms with E-state index in [0.29, 0.717) is 32.4 Å². The van der Waals surface area contributed by atoms with Crippen molar-refractivity contribution in [3.63, 3.8) is 0 Å². The summed E-state index contributed by atoms with van der Waals surface area (Å²) in [4.78, 5) is 51.4. The average molecular weight is 481 g/mol. The van der Waals surface area contributed by atoms with E-state index in [1.165, 1.54) is 4.90 Å². The van der Waals surface area contributed by atoms with E-state index in [1.807, 2.05) is 30.3 Å². The first kappa shape index (κ1) is 25.7. The van der Waals surface area contributed by atoms with E-state index in [-0.39, 0.29) is 36.8 Å². The highest BCUT2D eigenvalue weighted by Gasteiger charge is 2.37. The Bertz CT molecular complexity index is 1030. The topological polar surface area (TPSA) is 142 Å². The lowest BCUT2D eigenvalue weighted by molar-refractivity contribution is -0.141. The van der Waals surface area contributed by atoms with Crippen LogP contribution in [0.2, 0.25) is 0 Å². The third-order valence-corrected chi connectivity index (χ3v) is 6.00. The third-order valence-electron chi connectivity index (χ3n) is 6.00. The van der Waals surface area contributed by atoms with Crippen molar-refractivity contribution in [3.05, 3.63) is 65.7 Å². The number of phenols is 1. The number of phenolic OH excluding ortho intramolecular Hbond substituents is 1. The second-order valence-corrected chi connectivity index (χ2v) is 8.67. The number of carbonyl (C=O) groups is 4. The summed E-state index contributed by atoms with van der Waals surface area (Å²) in [5.74, 6) is -1.39. The Balaban J connectivity index is 1.63. The van der Waals surface area contributed by atoms with Gasteiger partial charge in [-0.15, -0.1) is 0 Å². The van der Waals surface area contributed by atoms with Crippen molar-refractivity contribution < 1.29 is 24.3 Å². The van der Waals surface area contributed by atoms with Crippen molar-refractivity contribution in [2.24, 2.45) is 5.73 Å². The summed E-state index contributed by atoms with van der Waals surface area (Å²) in [5.41, 5.74) is 6.99. The standard InChI is InChI=1S/C26H32N4O5/c27-23(32)12-13-24(33)29-21(17-19-5-2-1-3-6-19)26(35)30-16-4-7-22(30)25(34)28-15-14-18-8-10-20(31)11-9-18/h1-3,5-6,8-11,21-22,31H,4,7,12-17H2,(H2,27,32)(H,28,34)(H,29,33)/t21-,22-/m0/s1. The van der Waals surface area contributed by atoms with Gasteiger partial charge < -0.3 is 26.4 Å². The number of carbonyl (C=O) groups excluding carboxylic acids is 4. The molecule has 3 rings (SSSR count). The molecule has 0 aromatic heterocycles. The number of benzene rings is 2. The van der Waals surface area contributed by atoms with Crippen molar-refractivity contribution in [3.8, 4) is 5.75 Å². The number of amides is 4. The Hall–Kier alpha value is -3.88. The number of hydrogen-bond acceptors (Lipinski definition) is 5. The monoisotopic (exact) mass is 480 g/mol. The molecule has 0 unspecified atom stereocenters. The molecule has 1 aliphatic rings. The van der Waals surface area contributed by atoms with Gasteiger partial charge in [-0.25, -0.2) is 0 Å². The van der Waals surface area contributed by atoms with Crippen molar-refractivity contribution in [1.29, 1.82) is 0 Å². The van der Waals surface area contributed by atoms with Crippen LogP contribution in [0, 0.1) is 0 Å². The van der Waals surface area contributed by atoms with E-state index >= 15 is 0 Å². The first-order valence-electron chi connectivity index (χ1n) is 11.8. The number of rotatable bonds is 11. The molecule has 0 radical (unpaired) electrons. The van der Waals surface area contributed by atoms with E-state index in [9.17, 15) is 24.3 Å². The Morgan fingerprint density at radius 2 is 1.71 bits per heavy atom. The van der Waals surface area contributed by atoms with Crippen molar-refractivity contribution >= 4 is 23.6 Å². The molecule has 9 nitrogen and oxygen atoms in total. The van der Waals surface area contributed by atoms with Crippen molar-refractivity contribution in [2.75, 3.05) is 13.1 Å². The molecule has 186 valence electrons. The van der Waals surface area contributed by atoms with Gasteiger partial charge in [-0.05, 0) is 42.5 Å². The van der Waals surface area contributed by atoms with Crippen LogP contribution in [0.15, 0.2) is 54.6 Å². The van der Waals surface area contributed by atoms with E-state index < -0.39 is 23.9 Å². The van der Waals surface area contributed by atoms with Gasteiger partial charge in [0.2, 0.25) is 23.6 Å². The van der Waals surface area contributed by atoms with E-state index in [2.05, 4.69) is 10.6 Å². The molecule has 1 saturated heterocycles. The zero-order chi connectivity index (χ0) is 25.2. The summed E-state index contributed by atoms with van der Waals surface area (Å²) < 4.78 is 0. The van der Waals surface area contributed by atoms with Crippen LogP contribution in [0.1, 0.15) is 36.8 Å². The first-order chi connectivity index (χ1) is 16.8. The molecular weight excluding hydrogens is 448 g/mol. The summed E-state index contributed by atoms with van der Waals surface area (Å²) in [6, 6.07) is 14.6. The summed E-state index contributed by atoms with van der Waals surface area (Å²) in [7, 11) is 0. The molecule has 1 aliphatic heterocycles. The summed E-state index contributed by atoms with van der Waals surface area (Å²) in [5, 5.41) is 15.0. The normalized spacial score (nSPS) is 15.9. The molecule has 1 heterocycles. The van der Waals surface area contributed by atoms with Crippen LogP contribution in [-0.2, 0) is 32.0 Å². The number of nitrogens with two attached hydrogens (primary N) is 1. The lowest BCUT2D eigenvalue weighted by Crippen LogP contribution is -2.54. The molecule has 4 amide bonds. The van der Waals surface area contributed by atoms with Crippen molar-refractivity contribution in [1.82, 2.24) is 15.5 Å². The average Bonchev–Trinajstić information content (AvgIpc) is 3.34. The van der Waals surface area contributed by atoms with Gasteiger partial charge in [0.05, 0.1) is 0 Å². The fourth-order valence-corrected chi connectivity index (χ4v) is 4.17. The Morgan fingerprint density at radius 1 is 1.00 bits per heavy atom. The van der Waals surface area contributed by atoms with Crippen LogP contribution in [0.3, 0.4) is 0 Å². The maximum atomic E-state index is 13.5. The molecule has 0 aliphatic carbocycles. The second-order valence-electron chi connectivity index (χ2n) is 8.67. The summed E-state index contributed by atoms with van der Waals surface area (Å²) in [6.07, 6.45) is 1.90.